The molecule has 0 amide bonds. The van der Waals surface area contributed by atoms with E-state index in [0.29, 0.717) is 51.6 Å². The maximum atomic E-state index is 13.1. The zero-order valence-corrected chi connectivity index (χ0v) is 23.8. The van der Waals surface area contributed by atoms with Gasteiger partial charge in [-0.3, -0.25) is 9.36 Å². The standard InChI is InChI=1S/C30H28Cl2N5O3/c1-17-11-12-24(34-29(17)40-4)23-10-6-9-22(28(23)32)21-8-5-7-20(27(21)31)19-13-25-30(39)36(3)26(35-37(25)16-19)15-33-14-18(2)38/h5-13,16,18,33,38H,1,14-15H2,2-4H3/t18-/m0/s1. The van der Waals surface area contributed by atoms with E-state index < -0.39 is 6.10 Å². The quantitative estimate of drug-likeness (QED) is 0.257. The van der Waals surface area contributed by atoms with E-state index in [0.717, 1.165) is 27.8 Å². The Hall–Kier alpha value is -3.69. The van der Waals surface area contributed by atoms with Gasteiger partial charge in [0.05, 0.1) is 35.5 Å². The molecule has 0 saturated carbocycles. The number of rotatable bonds is 8. The van der Waals surface area contributed by atoms with Crippen LogP contribution in [-0.4, -0.2) is 44.0 Å². The number of hydrogen-bond donors (Lipinski definition) is 2. The Morgan fingerprint density at radius 2 is 1.70 bits per heavy atom. The lowest BCUT2D eigenvalue weighted by atomic mass is 9.97. The first-order valence-electron chi connectivity index (χ1n) is 12.6. The SMILES string of the molecule is [CH2]c1ccc(-c2cccc(-c3cccc(-c4cc5c(=O)n(C)c(CNC[C@H](C)O)nn5c4)c3Cl)c2Cl)nc1OC. The predicted molar refractivity (Wildman–Crippen MR) is 159 cm³/mol. The minimum absolute atomic E-state index is 0.186. The van der Waals surface area contributed by atoms with Crippen molar-refractivity contribution in [3.63, 3.8) is 0 Å². The highest BCUT2D eigenvalue weighted by Gasteiger charge is 2.18. The van der Waals surface area contributed by atoms with Crippen LogP contribution in [0.5, 0.6) is 5.88 Å². The first-order valence-corrected chi connectivity index (χ1v) is 13.4. The summed E-state index contributed by atoms with van der Waals surface area (Å²) < 4.78 is 8.41. The fraction of sp³-hybridized carbons (Fsp3) is 0.200. The second-order valence-electron chi connectivity index (χ2n) is 9.52. The third-order valence-electron chi connectivity index (χ3n) is 6.66. The van der Waals surface area contributed by atoms with Crippen molar-refractivity contribution in [3.05, 3.63) is 99.5 Å². The van der Waals surface area contributed by atoms with Crippen molar-refractivity contribution >= 4 is 28.7 Å². The number of fused-ring (bicyclic) bond motifs is 1. The third-order valence-corrected chi connectivity index (χ3v) is 7.48. The van der Waals surface area contributed by atoms with Gasteiger partial charge in [0.25, 0.3) is 5.56 Å². The normalized spacial score (nSPS) is 12.2. The molecule has 3 aromatic heterocycles. The van der Waals surface area contributed by atoms with Gasteiger partial charge in [0, 0.05) is 53.2 Å². The molecule has 10 heteroatoms. The summed E-state index contributed by atoms with van der Waals surface area (Å²) >= 11 is 13.9. The van der Waals surface area contributed by atoms with Crippen molar-refractivity contribution in [1.82, 2.24) is 24.5 Å². The number of halogens is 2. The summed E-state index contributed by atoms with van der Waals surface area (Å²) in [5.74, 6) is 0.974. The fourth-order valence-corrected chi connectivity index (χ4v) is 5.23. The molecule has 0 unspecified atom stereocenters. The highest BCUT2D eigenvalue weighted by Crippen LogP contribution is 2.42. The molecule has 0 saturated heterocycles. The van der Waals surface area contributed by atoms with Crippen LogP contribution in [0.2, 0.25) is 10.0 Å². The van der Waals surface area contributed by atoms with E-state index >= 15 is 0 Å². The smallest absolute Gasteiger partial charge is 0.277 e. The Kier molecular flexibility index (Phi) is 7.96. The lowest BCUT2D eigenvalue weighted by Gasteiger charge is -2.14. The molecule has 5 rings (SSSR count). The average molecular weight is 577 g/mol. The zero-order chi connectivity index (χ0) is 28.6. The second-order valence-corrected chi connectivity index (χ2v) is 10.3. The summed E-state index contributed by atoms with van der Waals surface area (Å²) in [6, 6.07) is 16.9. The van der Waals surface area contributed by atoms with E-state index in [-0.39, 0.29) is 5.56 Å². The highest BCUT2D eigenvalue weighted by atomic mass is 35.5. The first-order chi connectivity index (χ1) is 19.2. The Morgan fingerprint density at radius 1 is 1.05 bits per heavy atom. The maximum absolute atomic E-state index is 13.1. The fourth-order valence-electron chi connectivity index (χ4n) is 4.57. The van der Waals surface area contributed by atoms with E-state index in [9.17, 15) is 9.90 Å². The van der Waals surface area contributed by atoms with Gasteiger partial charge < -0.3 is 15.2 Å². The van der Waals surface area contributed by atoms with Crippen LogP contribution >= 0.6 is 23.2 Å². The molecule has 205 valence electrons. The minimum Gasteiger partial charge on any atom is -0.481 e. The van der Waals surface area contributed by atoms with Crippen molar-refractivity contribution in [3.8, 4) is 39.4 Å². The van der Waals surface area contributed by atoms with Crippen LogP contribution in [0.4, 0.5) is 0 Å². The Balaban J connectivity index is 1.56. The molecule has 0 fully saturated rings. The van der Waals surface area contributed by atoms with E-state index in [4.69, 9.17) is 27.9 Å². The van der Waals surface area contributed by atoms with Crippen molar-refractivity contribution < 1.29 is 9.84 Å². The van der Waals surface area contributed by atoms with E-state index in [2.05, 4.69) is 22.3 Å². The molecule has 8 nitrogen and oxygen atoms in total. The van der Waals surface area contributed by atoms with Crippen LogP contribution in [0.3, 0.4) is 0 Å². The zero-order valence-electron chi connectivity index (χ0n) is 22.3. The average Bonchev–Trinajstić information content (AvgIpc) is 3.36. The van der Waals surface area contributed by atoms with Gasteiger partial charge in [0.15, 0.2) is 0 Å². The summed E-state index contributed by atoms with van der Waals surface area (Å²) in [5.41, 5.74) is 5.28. The van der Waals surface area contributed by atoms with Gasteiger partial charge in [0.1, 0.15) is 11.3 Å². The number of benzene rings is 2. The van der Waals surface area contributed by atoms with Gasteiger partial charge in [-0.05, 0) is 26.0 Å². The number of aromatic nitrogens is 4. The number of nitrogens with one attached hydrogen (secondary N) is 1. The molecule has 3 heterocycles. The summed E-state index contributed by atoms with van der Waals surface area (Å²) in [7, 11) is 3.23. The van der Waals surface area contributed by atoms with Crippen LogP contribution in [-0.2, 0) is 13.6 Å². The van der Waals surface area contributed by atoms with E-state index in [1.54, 1.807) is 37.9 Å². The molecule has 2 N–H and O–H groups in total. The maximum Gasteiger partial charge on any atom is 0.277 e. The van der Waals surface area contributed by atoms with E-state index in [1.165, 1.54) is 4.57 Å². The van der Waals surface area contributed by atoms with Crippen LogP contribution in [0.25, 0.3) is 39.0 Å². The number of methoxy groups -OCH3 is 1. The molecule has 1 atom stereocenters. The molecule has 0 aliphatic carbocycles. The van der Waals surface area contributed by atoms with Crippen molar-refractivity contribution in [2.75, 3.05) is 13.7 Å². The number of pyridine rings is 1. The topological polar surface area (TPSA) is 93.7 Å². The van der Waals surface area contributed by atoms with Gasteiger partial charge in [-0.2, -0.15) is 5.10 Å². The molecule has 5 aromatic rings. The summed E-state index contributed by atoms with van der Waals surface area (Å²) in [4.78, 5) is 17.7. The third kappa shape index (κ3) is 5.23. The predicted octanol–water partition coefficient (Wildman–Crippen LogP) is 5.40. The molecule has 0 aliphatic heterocycles. The van der Waals surface area contributed by atoms with Gasteiger partial charge >= 0.3 is 0 Å². The summed E-state index contributed by atoms with van der Waals surface area (Å²) in [5, 5.41) is 18.2. The van der Waals surface area contributed by atoms with Gasteiger partial charge in [-0.15, -0.1) is 0 Å². The number of nitrogens with zero attached hydrogens (tertiary/aromatic N) is 4. The van der Waals surface area contributed by atoms with E-state index in [1.807, 2.05) is 48.5 Å². The van der Waals surface area contributed by atoms with Crippen LogP contribution in [0.1, 0.15) is 18.3 Å². The van der Waals surface area contributed by atoms with Gasteiger partial charge in [-0.25, -0.2) is 9.50 Å². The molecule has 2 aromatic carbocycles. The Morgan fingerprint density at radius 3 is 2.38 bits per heavy atom. The lowest BCUT2D eigenvalue weighted by Crippen LogP contribution is -2.30. The molecule has 1 radical (unpaired) electrons. The molecular formula is C30H28Cl2N5O3. The number of aliphatic hydroxyl groups excluding tert-OH is 1. The highest BCUT2D eigenvalue weighted by molar-refractivity contribution is 6.39. The largest absolute Gasteiger partial charge is 0.481 e. The first kappa shape index (κ1) is 27.9. The minimum atomic E-state index is -0.504. The monoisotopic (exact) mass is 576 g/mol. The van der Waals surface area contributed by atoms with Crippen LogP contribution < -0.4 is 15.6 Å². The van der Waals surface area contributed by atoms with Crippen LogP contribution in [0, 0.1) is 6.92 Å². The van der Waals surface area contributed by atoms with Crippen LogP contribution in [0.15, 0.2) is 65.6 Å². The van der Waals surface area contributed by atoms with Crippen molar-refractivity contribution in [1.29, 1.82) is 0 Å². The summed E-state index contributed by atoms with van der Waals surface area (Å²) in [6.45, 7) is 6.35. The Labute approximate surface area is 241 Å². The molecular weight excluding hydrogens is 549 g/mol. The van der Waals surface area contributed by atoms with Crippen molar-refractivity contribution in [2.24, 2.45) is 7.05 Å². The van der Waals surface area contributed by atoms with Gasteiger partial charge in [-0.1, -0.05) is 65.7 Å². The second kappa shape index (κ2) is 11.4. The molecule has 0 spiro atoms. The van der Waals surface area contributed by atoms with Gasteiger partial charge in [0.2, 0.25) is 5.88 Å². The molecule has 40 heavy (non-hydrogen) atoms. The molecule has 0 bridgehead atoms. The lowest BCUT2D eigenvalue weighted by molar-refractivity contribution is 0.190. The number of hydrogen-bond acceptors (Lipinski definition) is 6. The summed E-state index contributed by atoms with van der Waals surface area (Å²) in [6.07, 6.45) is 1.28. The Bertz CT molecular complexity index is 1780. The number of aliphatic hydroxyl groups is 1. The van der Waals surface area contributed by atoms with Crippen molar-refractivity contribution in [2.45, 2.75) is 19.6 Å². The molecule has 0 aliphatic rings. The number of ether oxygens (including phenoxy) is 1.